The molecule has 136 valence electrons. The second kappa shape index (κ2) is 7.92. The van der Waals surface area contributed by atoms with Crippen LogP contribution in [0.25, 0.3) is 22.2 Å². The summed E-state index contributed by atoms with van der Waals surface area (Å²) in [5.74, 6) is -0.437. The molecular formula is C18H19BrN4O3. The summed E-state index contributed by atoms with van der Waals surface area (Å²) < 4.78 is 13.2. The van der Waals surface area contributed by atoms with Crippen LogP contribution in [0, 0.1) is 0 Å². The lowest BCUT2D eigenvalue weighted by Crippen LogP contribution is -2.13. The monoisotopic (exact) mass is 418 g/mol. The molecule has 0 amide bonds. The standard InChI is InChI=1S/C18H19BrN4O3/c1-4-23-17-13(9-21-23)15(11-6-12(19)8-20-7-11)16(18(24)26-5-2)14(22-17)10-25-3/h6-9H,4-5,10H2,1-3H3. The molecule has 0 aliphatic carbocycles. The SMILES string of the molecule is CCOC(=O)c1c(COC)nc2c(cnn2CC)c1-c1cncc(Br)c1. The molecule has 0 unspecified atom stereocenters. The van der Waals surface area contributed by atoms with E-state index in [1.807, 2.05) is 13.0 Å². The number of nitrogens with zero attached hydrogens (tertiary/aromatic N) is 4. The average molecular weight is 419 g/mol. The molecular weight excluding hydrogens is 400 g/mol. The number of fused-ring (bicyclic) bond motifs is 1. The van der Waals surface area contributed by atoms with Crippen molar-refractivity contribution in [1.29, 1.82) is 0 Å². The van der Waals surface area contributed by atoms with Crippen molar-refractivity contribution in [2.45, 2.75) is 27.0 Å². The minimum atomic E-state index is -0.437. The maximum absolute atomic E-state index is 12.8. The van der Waals surface area contributed by atoms with Gasteiger partial charge in [-0.25, -0.2) is 14.5 Å². The van der Waals surface area contributed by atoms with Gasteiger partial charge < -0.3 is 9.47 Å². The van der Waals surface area contributed by atoms with Crippen molar-refractivity contribution in [1.82, 2.24) is 19.7 Å². The van der Waals surface area contributed by atoms with Gasteiger partial charge >= 0.3 is 5.97 Å². The topological polar surface area (TPSA) is 79.1 Å². The first-order chi connectivity index (χ1) is 12.6. The third kappa shape index (κ3) is 3.34. The van der Waals surface area contributed by atoms with Gasteiger partial charge in [-0.2, -0.15) is 5.10 Å². The summed E-state index contributed by atoms with van der Waals surface area (Å²) in [6.45, 7) is 4.89. The Balaban J connectivity index is 2.41. The van der Waals surface area contributed by atoms with Crippen molar-refractivity contribution < 1.29 is 14.3 Å². The number of carbonyl (C=O) groups excluding carboxylic acids is 1. The first-order valence-electron chi connectivity index (χ1n) is 8.26. The quantitative estimate of drug-likeness (QED) is 0.568. The Hall–Kier alpha value is -2.32. The number of rotatable bonds is 6. The molecule has 0 radical (unpaired) electrons. The van der Waals surface area contributed by atoms with Crippen LogP contribution in [0.5, 0.6) is 0 Å². The van der Waals surface area contributed by atoms with E-state index < -0.39 is 5.97 Å². The van der Waals surface area contributed by atoms with Crippen molar-refractivity contribution in [3.05, 3.63) is 40.4 Å². The molecule has 3 heterocycles. The molecule has 0 aromatic carbocycles. The van der Waals surface area contributed by atoms with Gasteiger partial charge in [0.15, 0.2) is 5.65 Å². The van der Waals surface area contributed by atoms with Gasteiger partial charge in [0.05, 0.1) is 30.7 Å². The zero-order chi connectivity index (χ0) is 18.7. The van der Waals surface area contributed by atoms with Gasteiger partial charge in [0.25, 0.3) is 0 Å². The van der Waals surface area contributed by atoms with Gasteiger partial charge in [0, 0.05) is 47.0 Å². The maximum atomic E-state index is 12.8. The highest BCUT2D eigenvalue weighted by Gasteiger charge is 2.25. The molecule has 0 saturated carbocycles. The van der Waals surface area contributed by atoms with Gasteiger partial charge in [0.2, 0.25) is 0 Å². The number of methoxy groups -OCH3 is 1. The van der Waals surface area contributed by atoms with E-state index in [1.54, 1.807) is 37.3 Å². The van der Waals surface area contributed by atoms with E-state index in [9.17, 15) is 4.79 Å². The number of hydrogen-bond donors (Lipinski definition) is 0. The first-order valence-corrected chi connectivity index (χ1v) is 9.05. The lowest BCUT2D eigenvalue weighted by atomic mass is 9.97. The summed E-state index contributed by atoms with van der Waals surface area (Å²) >= 11 is 3.44. The molecule has 0 saturated heterocycles. The molecule has 26 heavy (non-hydrogen) atoms. The Kier molecular flexibility index (Phi) is 5.63. The van der Waals surface area contributed by atoms with Gasteiger partial charge in [0.1, 0.15) is 0 Å². The van der Waals surface area contributed by atoms with E-state index in [-0.39, 0.29) is 13.2 Å². The molecule has 7 nitrogen and oxygen atoms in total. The van der Waals surface area contributed by atoms with E-state index in [0.717, 1.165) is 15.4 Å². The molecule has 0 spiro atoms. The van der Waals surface area contributed by atoms with Crippen LogP contribution in [-0.2, 0) is 22.6 Å². The Bertz CT molecular complexity index is 955. The van der Waals surface area contributed by atoms with Crippen molar-refractivity contribution in [2.24, 2.45) is 0 Å². The second-order valence-electron chi connectivity index (χ2n) is 5.55. The predicted molar refractivity (Wildman–Crippen MR) is 101 cm³/mol. The Morgan fingerprint density at radius 3 is 2.73 bits per heavy atom. The largest absolute Gasteiger partial charge is 0.462 e. The number of carbonyl (C=O) groups is 1. The van der Waals surface area contributed by atoms with E-state index in [0.29, 0.717) is 29.0 Å². The summed E-state index contributed by atoms with van der Waals surface area (Å²) in [4.78, 5) is 21.7. The zero-order valence-electron chi connectivity index (χ0n) is 14.8. The van der Waals surface area contributed by atoms with E-state index in [4.69, 9.17) is 9.47 Å². The van der Waals surface area contributed by atoms with Crippen LogP contribution in [0.15, 0.2) is 29.1 Å². The summed E-state index contributed by atoms with van der Waals surface area (Å²) in [5, 5.41) is 5.17. The average Bonchev–Trinajstić information content (AvgIpc) is 3.03. The maximum Gasteiger partial charge on any atom is 0.340 e. The lowest BCUT2D eigenvalue weighted by molar-refractivity contribution is 0.0521. The number of halogens is 1. The van der Waals surface area contributed by atoms with Crippen LogP contribution in [0.4, 0.5) is 0 Å². The number of aryl methyl sites for hydroxylation is 1. The van der Waals surface area contributed by atoms with Crippen molar-refractivity contribution in [3.63, 3.8) is 0 Å². The normalized spacial score (nSPS) is 11.1. The summed E-state index contributed by atoms with van der Waals surface area (Å²) in [5.41, 5.74) is 3.08. The Morgan fingerprint density at radius 1 is 1.27 bits per heavy atom. The minimum absolute atomic E-state index is 0.188. The third-order valence-corrected chi connectivity index (χ3v) is 4.35. The number of esters is 1. The smallest absolute Gasteiger partial charge is 0.340 e. The number of hydrogen-bond acceptors (Lipinski definition) is 6. The summed E-state index contributed by atoms with van der Waals surface area (Å²) in [6.07, 6.45) is 5.13. The second-order valence-corrected chi connectivity index (χ2v) is 6.47. The fourth-order valence-corrected chi connectivity index (χ4v) is 3.24. The minimum Gasteiger partial charge on any atom is -0.462 e. The van der Waals surface area contributed by atoms with Crippen LogP contribution in [0.3, 0.4) is 0 Å². The summed E-state index contributed by atoms with van der Waals surface area (Å²) in [6, 6.07) is 1.91. The third-order valence-electron chi connectivity index (χ3n) is 3.91. The molecule has 0 aliphatic rings. The molecule has 0 atom stereocenters. The number of ether oxygens (including phenoxy) is 2. The number of aromatic nitrogens is 4. The zero-order valence-corrected chi connectivity index (χ0v) is 16.4. The Labute approximate surface area is 159 Å². The molecule has 8 heteroatoms. The van der Waals surface area contributed by atoms with Crippen LogP contribution >= 0.6 is 15.9 Å². The molecule has 0 bridgehead atoms. The van der Waals surface area contributed by atoms with Crippen molar-refractivity contribution >= 4 is 32.9 Å². The number of pyridine rings is 2. The highest BCUT2D eigenvalue weighted by atomic mass is 79.9. The van der Waals surface area contributed by atoms with E-state index in [2.05, 4.69) is 31.0 Å². The predicted octanol–water partition coefficient (Wildman–Crippen LogP) is 3.60. The van der Waals surface area contributed by atoms with Crippen molar-refractivity contribution in [3.8, 4) is 11.1 Å². The van der Waals surface area contributed by atoms with Crippen molar-refractivity contribution in [2.75, 3.05) is 13.7 Å². The molecule has 3 rings (SSSR count). The van der Waals surface area contributed by atoms with E-state index in [1.165, 1.54) is 0 Å². The van der Waals surface area contributed by atoms with Gasteiger partial charge in [-0.1, -0.05) is 0 Å². The molecule has 3 aromatic heterocycles. The summed E-state index contributed by atoms with van der Waals surface area (Å²) in [7, 11) is 1.57. The van der Waals surface area contributed by atoms with Gasteiger partial charge in [-0.15, -0.1) is 0 Å². The highest BCUT2D eigenvalue weighted by Crippen LogP contribution is 2.34. The highest BCUT2D eigenvalue weighted by molar-refractivity contribution is 9.10. The lowest BCUT2D eigenvalue weighted by Gasteiger charge is -2.15. The molecule has 0 aliphatic heterocycles. The van der Waals surface area contributed by atoms with Crippen LogP contribution in [-0.4, -0.2) is 39.4 Å². The first kappa shape index (κ1) is 18.5. The van der Waals surface area contributed by atoms with E-state index >= 15 is 0 Å². The van der Waals surface area contributed by atoms with Crippen LogP contribution in [0.2, 0.25) is 0 Å². The molecule has 0 N–H and O–H groups in total. The van der Waals surface area contributed by atoms with Crippen LogP contribution in [0.1, 0.15) is 29.9 Å². The molecule has 0 fully saturated rings. The fraction of sp³-hybridized carbons (Fsp3) is 0.333. The fourth-order valence-electron chi connectivity index (χ4n) is 2.88. The van der Waals surface area contributed by atoms with Gasteiger partial charge in [-0.05, 0) is 35.8 Å². The molecule has 3 aromatic rings. The van der Waals surface area contributed by atoms with Gasteiger partial charge in [-0.3, -0.25) is 4.98 Å². The Morgan fingerprint density at radius 2 is 2.08 bits per heavy atom. The van der Waals surface area contributed by atoms with Crippen LogP contribution < -0.4 is 0 Å².